The normalized spacial score (nSPS) is 11.6. The lowest BCUT2D eigenvalue weighted by Gasteiger charge is -2.16. The molecular formula is C26H22N2O3. The number of carbonyl (C=O) groups excluding carboxylic acids is 2. The zero-order valence-corrected chi connectivity index (χ0v) is 16.8. The summed E-state index contributed by atoms with van der Waals surface area (Å²) in [4.78, 5) is 25.0. The molecule has 0 aromatic heterocycles. The van der Waals surface area contributed by atoms with Crippen LogP contribution in [-0.4, -0.2) is 18.4 Å². The van der Waals surface area contributed by atoms with E-state index in [4.69, 9.17) is 10.5 Å². The molecule has 154 valence electrons. The van der Waals surface area contributed by atoms with Crippen LogP contribution in [0.5, 0.6) is 5.75 Å². The lowest BCUT2D eigenvalue weighted by atomic mass is 9.98. The number of hydrogen-bond acceptors (Lipinski definition) is 4. The molecule has 1 amide bonds. The molecule has 5 nitrogen and oxygen atoms in total. The maximum atomic E-state index is 12.9. The van der Waals surface area contributed by atoms with Crippen molar-refractivity contribution in [3.05, 3.63) is 108 Å². The second-order valence-corrected chi connectivity index (χ2v) is 7.16. The van der Waals surface area contributed by atoms with Crippen LogP contribution in [-0.2, 0) is 4.79 Å². The Morgan fingerprint density at radius 3 is 2.19 bits per heavy atom. The average molecular weight is 410 g/mol. The highest BCUT2D eigenvalue weighted by Crippen LogP contribution is 2.23. The second kappa shape index (κ2) is 9.24. The fourth-order valence-electron chi connectivity index (χ4n) is 3.40. The van der Waals surface area contributed by atoms with Gasteiger partial charge >= 0.3 is 5.97 Å². The van der Waals surface area contributed by atoms with Crippen LogP contribution in [0, 0.1) is 0 Å². The number of fused-ring (bicyclic) bond motifs is 1. The molecule has 0 heterocycles. The zero-order chi connectivity index (χ0) is 21.6. The number of benzene rings is 4. The van der Waals surface area contributed by atoms with Crippen LogP contribution in [0.2, 0.25) is 0 Å². The van der Waals surface area contributed by atoms with Gasteiger partial charge in [0.15, 0.2) is 0 Å². The van der Waals surface area contributed by atoms with Crippen LogP contribution >= 0.6 is 0 Å². The molecule has 0 saturated heterocycles. The van der Waals surface area contributed by atoms with Crippen molar-refractivity contribution in [3.63, 3.8) is 0 Å². The third-order valence-corrected chi connectivity index (χ3v) is 5.07. The Morgan fingerprint density at radius 1 is 0.806 bits per heavy atom. The molecule has 0 spiro atoms. The number of esters is 1. The predicted octanol–water partition coefficient (Wildman–Crippen LogP) is 4.74. The Bertz CT molecular complexity index is 1200. The minimum absolute atomic E-state index is 0.155. The lowest BCUT2D eigenvalue weighted by molar-refractivity contribution is -0.117. The number of nitrogens with two attached hydrogens (primary N) is 1. The van der Waals surface area contributed by atoms with Crippen LogP contribution in [0.4, 0.5) is 5.69 Å². The number of carbonyl (C=O) groups is 2. The van der Waals surface area contributed by atoms with Crippen LogP contribution in [0.3, 0.4) is 0 Å². The minimum atomic E-state index is -0.523. The fourth-order valence-corrected chi connectivity index (χ4v) is 3.40. The van der Waals surface area contributed by atoms with Crippen LogP contribution in [0.1, 0.15) is 21.8 Å². The molecule has 0 fully saturated rings. The molecule has 0 radical (unpaired) electrons. The summed E-state index contributed by atoms with van der Waals surface area (Å²) in [5, 5.41) is 5.11. The Kier molecular flexibility index (Phi) is 6.05. The molecule has 1 unspecified atom stereocenters. The maximum Gasteiger partial charge on any atom is 0.343 e. The van der Waals surface area contributed by atoms with Gasteiger partial charge in [-0.2, -0.15) is 0 Å². The number of ether oxygens (including phenoxy) is 1. The number of rotatable bonds is 6. The van der Waals surface area contributed by atoms with Crippen molar-refractivity contribution in [3.8, 4) is 5.75 Å². The van der Waals surface area contributed by atoms with Crippen molar-refractivity contribution < 1.29 is 14.3 Å². The molecule has 31 heavy (non-hydrogen) atoms. The van der Waals surface area contributed by atoms with E-state index >= 15 is 0 Å². The van der Waals surface area contributed by atoms with E-state index in [0.717, 1.165) is 22.0 Å². The summed E-state index contributed by atoms with van der Waals surface area (Å²) >= 11 is 0. The molecule has 4 rings (SSSR count). The second-order valence-electron chi connectivity index (χ2n) is 7.16. The van der Waals surface area contributed by atoms with E-state index in [1.54, 1.807) is 48.5 Å². The average Bonchev–Trinajstić information content (AvgIpc) is 2.81. The van der Waals surface area contributed by atoms with Crippen molar-refractivity contribution >= 4 is 28.3 Å². The molecule has 0 aliphatic rings. The van der Waals surface area contributed by atoms with Crippen molar-refractivity contribution in [2.24, 2.45) is 5.73 Å². The first-order valence-electron chi connectivity index (χ1n) is 10.0. The third kappa shape index (κ3) is 4.79. The molecule has 0 aliphatic carbocycles. The van der Waals surface area contributed by atoms with E-state index in [2.05, 4.69) is 5.32 Å². The van der Waals surface area contributed by atoms with E-state index in [9.17, 15) is 9.59 Å². The van der Waals surface area contributed by atoms with Crippen molar-refractivity contribution in [2.75, 3.05) is 11.9 Å². The largest absolute Gasteiger partial charge is 0.423 e. The highest BCUT2D eigenvalue weighted by molar-refractivity contribution is 5.98. The molecule has 0 aliphatic heterocycles. The van der Waals surface area contributed by atoms with Gasteiger partial charge in [0.2, 0.25) is 5.91 Å². The Balaban J connectivity index is 1.45. The molecule has 1 atom stereocenters. The Labute approximate surface area is 180 Å². The first kappa shape index (κ1) is 20.3. The smallest absolute Gasteiger partial charge is 0.343 e. The highest BCUT2D eigenvalue weighted by atomic mass is 16.5. The summed E-state index contributed by atoms with van der Waals surface area (Å²) < 4.78 is 5.40. The molecule has 4 aromatic rings. The molecular weight excluding hydrogens is 388 g/mol. The predicted molar refractivity (Wildman–Crippen MR) is 122 cm³/mol. The van der Waals surface area contributed by atoms with Gasteiger partial charge < -0.3 is 15.8 Å². The molecule has 0 bridgehead atoms. The lowest BCUT2D eigenvalue weighted by Crippen LogP contribution is -2.27. The first-order valence-corrected chi connectivity index (χ1v) is 10.0. The summed E-state index contributed by atoms with van der Waals surface area (Å²) in [5.74, 6) is -0.738. The topological polar surface area (TPSA) is 81.4 Å². The van der Waals surface area contributed by atoms with Gasteiger partial charge in [0, 0.05) is 12.2 Å². The van der Waals surface area contributed by atoms with E-state index < -0.39 is 11.9 Å². The summed E-state index contributed by atoms with van der Waals surface area (Å²) in [5.41, 5.74) is 7.84. The standard InChI is InChI=1S/C26H22N2O3/c27-17-24(25(29)28-22-13-10-18-6-4-5-9-21(18)16-22)19-11-14-23(15-12-19)31-26(30)20-7-2-1-3-8-20/h1-16,24H,17,27H2,(H,28,29). The first-order chi connectivity index (χ1) is 15.1. The van der Waals surface area contributed by atoms with Crippen molar-refractivity contribution in [1.82, 2.24) is 0 Å². The molecule has 0 saturated carbocycles. The monoisotopic (exact) mass is 410 g/mol. The van der Waals surface area contributed by atoms with Gasteiger partial charge in [-0.05, 0) is 52.7 Å². The van der Waals surface area contributed by atoms with Gasteiger partial charge in [0.1, 0.15) is 5.75 Å². The number of hydrogen-bond donors (Lipinski definition) is 2. The van der Waals surface area contributed by atoms with Crippen molar-refractivity contribution in [2.45, 2.75) is 5.92 Å². The fraction of sp³-hybridized carbons (Fsp3) is 0.0769. The summed E-state index contributed by atoms with van der Waals surface area (Å²) in [6, 6.07) is 29.4. The molecule has 3 N–H and O–H groups in total. The van der Waals surface area contributed by atoms with E-state index in [0.29, 0.717) is 11.3 Å². The molecule has 5 heteroatoms. The Morgan fingerprint density at radius 2 is 1.48 bits per heavy atom. The van der Waals surface area contributed by atoms with Crippen LogP contribution in [0.25, 0.3) is 10.8 Å². The SMILES string of the molecule is NCC(C(=O)Nc1ccc2ccccc2c1)c1ccc(OC(=O)c2ccccc2)cc1. The van der Waals surface area contributed by atoms with Crippen molar-refractivity contribution in [1.29, 1.82) is 0 Å². The van der Waals surface area contributed by atoms with E-state index in [1.807, 2.05) is 48.5 Å². The third-order valence-electron chi connectivity index (χ3n) is 5.07. The quantitative estimate of drug-likeness (QED) is 0.355. The van der Waals surface area contributed by atoms with Gasteiger partial charge in [0.05, 0.1) is 11.5 Å². The van der Waals surface area contributed by atoms with Gasteiger partial charge in [-0.25, -0.2) is 4.79 Å². The van der Waals surface area contributed by atoms with Gasteiger partial charge in [0.25, 0.3) is 0 Å². The Hall–Kier alpha value is -3.96. The summed E-state index contributed by atoms with van der Waals surface area (Å²) in [6.45, 7) is 0.155. The van der Waals surface area contributed by atoms with E-state index in [1.165, 1.54) is 0 Å². The number of amides is 1. The number of anilines is 1. The van der Waals surface area contributed by atoms with Crippen LogP contribution < -0.4 is 15.8 Å². The summed E-state index contributed by atoms with van der Waals surface area (Å²) in [6.07, 6.45) is 0. The van der Waals surface area contributed by atoms with E-state index in [-0.39, 0.29) is 12.5 Å². The summed E-state index contributed by atoms with van der Waals surface area (Å²) in [7, 11) is 0. The van der Waals surface area contributed by atoms with Gasteiger partial charge in [-0.15, -0.1) is 0 Å². The van der Waals surface area contributed by atoms with Crippen LogP contribution in [0.15, 0.2) is 97.1 Å². The number of nitrogens with one attached hydrogen (secondary N) is 1. The highest BCUT2D eigenvalue weighted by Gasteiger charge is 2.20. The minimum Gasteiger partial charge on any atom is -0.423 e. The van der Waals surface area contributed by atoms with Gasteiger partial charge in [-0.1, -0.05) is 60.7 Å². The maximum absolute atomic E-state index is 12.9. The zero-order valence-electron chi connectivity index (χ0n) is 16.8. The van der Waals surface area contributed by atoms with Gasteiger partial charge in [-0.3, -0.25) is 4.79 Å². The molecule has 4 aromatic carbocycles.